The maximum atomic E-state index is 11.2. The Morgan fingerprint density at radius 3 is 1.88 bits per heavy atom. The van der Waals surface area contributed by atoms with Gasteiger partial charge in [0.2, 0.25) is 0 Å². The van der Waals surface area contributed by atoms with Crippen molar-refractivity contribution in [2.45, 2.75) is 52.2 Å². The first-order valence-corrected chi connectivity index (χ1v) is 5.39. The zero-order valence-corrected chi connectivity index (χ0v) is 11.0. The van der Waals surface area contributed by atoms with Crippen LogP contribution >= 0.6 is 0 Å². The third kappa shape index (κ3) is 8.50. The lowest BCUT2D eigenvalue weighted by Crippen LogP contribution is -2.33. The van der Waals surface area contributed by atoms with Crippen LogP contribution in [0.3, 0.4) is 0 Å². The average Bonchev–Trinajstić information content (AvgIpc) is 1.96. The van der Waals surface area contributed by atoms with Crippen LogP contribution in [0.15, 0.2) is 0 Å². The first-order chi connectivity index (χ1) is 7.56. The van der Waals surface area contributed by atoms with Crippen LogP contribution in [0.4, 0.5) is 9.59 Å². The van der Waals surface area contributed by atoms with Crippen molar-refractivity contribution in [3.63, 3.8) is 0 Å². The minimum atomic E-state index is -1.09. The van der Waals surface area contributed by atoms with Gasteiger partial charge in [-0.1, -0.05) is 0 Å². The van der Waals surface area contributed by atoms with E-state index in [9.17, 15) is 9.59 Å². The van der Waals surface area contributed by atoms with Crippen LogP contribution in [-0.4, -0.2) is 30.1 Å². The molecule has 0 unspecified atom stereocenters. The summed E-state index contributed by atoms with van der Waals surface area (Å²) in [5.74, 6) is 0. The molecule has 6 nitrogen and oxygen atoms in total. The van der Waals surface area contributed by atoms with E-state index in [1.165, 1.54) is 0 Å². The fourth-order valence-electron chi connectivity index (χ4n) is 0.984. The lowest BCUT2D eigenvalue weighted by molar-refractivity contribution is -0.0356. The van der Waals surface area contributed by atoms with E-state index in [-0.39, 0.29) is 0 Å². The van der Waals surface area contributed by atoms with Gasteiger partial charge in [-0.3, -0.25) is 0 Å². The molecule has 17 heavy (non-hydrogen) atoms. The summed E-state index contributed by atoms with van der Waals surface area (Å²) in [6.07, 6.45) is -1.69. The van der Waals surface area contributed by atoms with Crippen molar-refractivity contribution >= 4 is 12.3 Å². The summed E-state index contributed by atoms with van der Waals surface area (Å²) in [5, 5.41) is 0. The Bertz CT molecular complexity index is 280. The highest BCUT2D eigenvalue weighted by molar-refractivity contribution is 5.77. The number of carbonyl (C=O) groups excluding carboxylic acids is 2. The maximum Gasteiger partial charge on any atom is 0.519 e. The minimum Gasteiger partial charge on any atom is -0.428 e. The predicted molar refractivity (Wildman–Crippen MR) is 61.6 cm³/mol. The quantitative estimate of drug-likeness (QED) is 0.607. The number of carbonyl (C=O) groups is 2. The van der Waals surface area contributed by atoms with Gasteiger partial charge < -0.3 is 19.9 Å². The van der Waals surface area contributed by atoms with Crippen LogP contribution in [0.2, 0.25) is 0 Å². The summed E-state index contributed by atoms with van der Waals surface area (Å²) in [6.45, 7) is 8.72. The van der Waals surface area contributed by atoms with Gasteiger partial charge in [-0.2, -0.15) is 0 Å². The second-order valence-electron chi connectivity index (χ2n) is 5.22. The van der Waals surface area contributed by atoms with Gasteiger partial charge in [-0.05, 0) is 47.6 Å². The molecule has 0 aromatic rings. The number of rotatable bonds is 3. The van der Waals surface area contributed by atoms with E-state index in [1.54, 1.807) is 34.6 Å². The van der Waals surface area contributed by atoms with Crippen molar-refractivity contribution in [3.05, 3.63) is 0 Å². The summed E-state index contributed by atoms with van der Waals surface area (Å²) >= 11 is 0. The molecule has 0 aliphatic heterocycles. The van der Waals surface area contributed by atoms with Crippen molar-refractivity contribution in [1.29, 1.82) is 0 Å². The minimum absolute atomic E-state index is 0.368. The number of nitrogens with two attached hydrogens (primary N) is 1. The summed E-state index contributed by atoms with van der Waals surface area (Å²) < 4.78 is 14.1. The van der Waals surface area contributed by atoms with Gasteiger partial charge in [0.15, 0.2) is 0 Å². The van der Waals surface area contributed by atoms with Gasteiger partial charge in [0, 0.05) is 0 Å². The van der Waals surface area contributed by atoms with Crippen molar-refractivity contribution < 1.29 is 23.8 Å². The molecule has 6 heteroatoms. The van der Waals surface area contributed by atoms with E-state index < -0.39 is 23.5 Å². The molecule has 0 amide bonds. The molecule has 0 heterocycles. The van der Waals surface area contributed by atoms with E-state index in [0.29, 0.717) is 13.0 Å². The molecule has 0 rings (SSSR count). The Hall–Kier alpha value is -1.30. The molecule has 100 valence electrons. The predicted octanol–water partition coefficient (Wildman–Crippen LogP) is 2.20. The van der Waals surface area contributed by atoms with E-state index in [2.05, 4.69) is 4.74 Å². The molecule has 0 saturated carbocycles. The zero-order chi connectivity index (χ0) is 13.7. The van der Waals surface area contributed by atoms with Crippen LogP contribution < -0.4 is 5.73 Å². The summed E-state index contributed by atoms with van der Waals surface area (Å²) in [5.41, 5.74) is 3.86. The lowest BCUT2D eigenvalue weighted by atomic mass is 10.1. The fraction of sp³-hybridized carbons (Fsp3) is 0.818. The molecule has 0 aliphatic carbocycles. The van der Waals surface area contributed by atoms with Gasteiger partial charge in [0.05, 0.1) is 0 Å². The maximum absolute atomic E-state index is 11.2. The summed E-state index contributed by atoms with van der Waals surface area (Å²) in [7, 11) is 0. The molecule has 0 fully saturated rings. The van der Waals surface area contributed by atoms with Gasteiger partial charge in [0.25, 0.3) is 0 Å². The smallest absolute Gasteiger partial charge is 0.428 e. The zero-order valence-electron chi connectivity index (χ0n) is 11.0. The van der Waals surface area contributed by atoms with Crippen molar-refractivity contribution in [1.82, 2.24) is 0 Å². The average molecular weight is 247 g/mol. The van der Waals surface area contributed by atoms with Gasteiger partial charge >= 0.3 is 12.3 Å². The first-order valence-electron chi connectivity index (χ1n) is 5.39. The van der Waals surface area contributed by atoms with Crippen LogP contribution in [-0.2, 0) is 14.2 Å². The summed E-state index contributed by atoms with van der Waals surface area (Å²) in [6, 6.07) is 0. The van der Waals surface area contributed by atoms with E-state index in [0.717, 1.165) is 0 Å². The Morgan fingerprint density at radius 2 is 1.47 bits per heavy atom. The molecular formula is C11H21NO5. The van der Waals surface area contributed by atoms with Crippen LogP contribution in [0, 0.1) is 0 Å². The molecular weight excluding hydrogens is 226 g/mol. The molecule has 0 aromatic heterocycles. The lowest BCUT2D eigenvalue weighted by Gasteiger charge is -2.24. The van der Waals surface area contributed by atoms with Crippen molar-refractivity contribution in [2.75, 3.05) is 6.54 Å². The third-order valence-electron chi connectivity index (χ3n) is 1.66. The second kappa shape index (κ2) is 5.86. The molecule has 0 saturated heterocycles. The monoisotopic (exact) mass is 247 g/mol. The number of hydrogen-bond donors (Lipinski definition) is 1. The van der Waals surface area contributed by atoms with Gasteiger partial charge in [0.1, 0.15) is 11.2 Å². The fourth-order valence-corrected chi connectivity index (χ4v) is 0.984. The highest BCUT2D eigenvalue weighted by Crippen LogP contribution is 2.15. The Morgan fingerprint density at radius 1 is 1.00 bits per heavy atom. The topological polar surface area (TPSA) is 87.8 Å². The van der Waals surface area contributed by atoms with Crippen molar-refractivity contribution in [3.8, 4) is 0 Å². The number of hydrogen-bond acceptors (Lipinski definition) is 6. The molecule has 0 spiro atoms. The Kier molecular flexibility index (Phi) is 5.41. The number of ether oxygens (including phenoxy) is 3. The Labute approximate surface area is 101 Å². The molecule has 0 atom stereocenters. The van der Waals surface area contributed by atoms with E-state index in [4.69, 9.17) is 15.2 Å². The molecule has 0 aliphatic rings. The van der Waals surface area contributed by atoms with E-state index in [1.807, 2.05) is 0 Å². The van der Waals surface area contributed by atoms with Crippen LogP contribution in [0.1, 0.15) is 41.0 Å². The highest BCUT2D eigenvalue weighted by atomic mass is 16.8. The van der Waals surface area contributed by atoms with Gasteiger partial charge in [-0.15, -0.1) is 0 Å². The SMILES string of the molecule is CC(C)(C)OC(=O)OC(=O)OC(C)(C)CCN. The largest absolute Gasteiger partial charge is 0.519 e. The summed E-state index contributed by atoms with van der Waals surface area (Å²) in [4.78, 5) is 22.4. The third-order valence-corrected chi connectivity index (χ3v) is 1.66. The second-order valence-corrected chi connectivity index (χ2v) is 5.22. The van der Waals surface area contributed by atoms with Crippen molar-refractivity contribution in [2.24, 2.45) is 5.73 Å². The first kappa shape index (κ1) is 15.7. The standard InChI is InChI=1S/C11H21NO5/c1-10(2,3)16-8(13)15-9(14)17-11(4,5)6-7-12/h6-7,12H2,1-5H3. The van der Waals surface area contributed by atoms with Gasteiger partial charge in [-0.25, -0.2) is 9.59 Å². The molecule has 0 radical (unpaired) electrons. The van der Waals surface area contributed by atoms with Crippen LogP contribution in [0.5, 0.6) is 0 Å². The van der Waals surface area contributed by atoms with Crippen LogP contribution in [0.25, 0.3) is 0 Å². The molecule has 2 N–H and O–H groups in total. The Balaban J connectivity index is 4.15. The molecule has 0 bridgehead atoms. The highest BCUT2D eigenvalue weighted by Gasteiger charge is 2.26. The normalized spacial score (nSPS) is 11.9. The molecule has 0 aromatic carbocycles. The van der Waals surface area contributed by atoms with E-state index >= 15 is 0 Å².